The van der Waals surface area contributed by atoms with Crippen molar-refractivity contribution < 1.29 is 24.5 Å². The molecule has 22 heavy (non-hydrogen) atoms. The lowest BCUT2D eigenvalue weighted by atomic mass is 10.1. The molecule has 5 atom stereocenters. The number of nitrogens with zero attached hydrogens (tertiary/aromatic N) is 3. The van der Waals surface area contributed by atoms with Crippen molar-refractivity contribution in [2.24, 2.45) is 11.7 Å². The smallest absolute Gasteiger partial charge is 0.323 e. The van der Waals surface area contributed by atoms with E-state index in [9.17, 15) is 15.0 Å². The molecule has 1 aromatic heterocycles. The van der Waals surface area contributed by atoms with Crippen LogP contribution >= 0.6 is 12.4 Å². The first-order valence-corrected chi connectivity index (χ1v) is 6.69. The van der Waals surface area contributed by atoms with Gasteiger partial charge in [0.2, 0.25) is 0 Å². The highest BCUT2D eigenvalue weighted by Crippen LogP contribution is 2.28. The maximum atomic E-state index is 11.7. The minimum absolute atomic E-state index is 0. The van der Waals surface area contributed by atoms with Crippen LogP contribution < -0.4 is 5.73 Å². The number of rotatable bonds is 5. The third-order valence-electron chi connectivity index (χ3n) is 3.41. The van der Waals surface area contributed by atoms with E-state index in [4.69, 9.17) is 15.2 Å². The Hall–Kier alpha value is -1.26. The van der Waals surface area contributed by atoms with Crippen molar-refractivity contribution >= 4 is 18.4 Å². The largest absolute Gasteiger partial charge is 0.462 e. The van der Waals surface area contributed by atoms with Gasteiger partial charge in [-0.05, 0) is 5.92 Å². The van der Waals surface area contributed by atoms with Gasteiger partial charge >= 0.3 is 5.97 Å². The summed E-state index contributed by atoms with van der Waals surface area (Å²) in [5.41, 5.74) is 5.66. The van der Waals surface area contributed by atoms with Gasteiger partial charge in [-0.3, -0.25) is 4.79 Å². The quantitative estimate of drug-likeness (QED) is 0.574. The second kappa shape index (κ2) is 7.84. The van der Waals surface area contributed by atoms with Crippen molar-refractivity contribution in [1.29, 1.82) is 0 Å². The predicted octanol–water partition coefficient (Wildman–Crippen LogP) is -1.15. The first-order chi connectivity index (χ1) is 9.91. The Morgan fingerprint density at radius 1 is 1.45 bits per heavy atom. The number of carbonyl (C=O) groups is 1. The van der Waals surface area contributed by atoms with Crippen LogP contribution in [0.1, 0.15) is 20.1 Å². The second-order valence-electron chi connectivity index (χ2n) is 5.32. The molecule has 126 valence electrons. The first kappa shape index (κ1) is 18.8. The second-order valence-corrected chi connectivity index (χ2v) is 5.32. The molecule has 1 fully saturated rings. The van der Waals surface area contributed by atoms with E-state index in [-0.39, 0.29) is 24.9 Å². The molecule has 0 spiro atoms. The normalized spacial score (nSPS) is 29.2. The van der Waals surface area contributed by atoms with Gasteiger partial charge in [0.05, 0.1) is 0 Å². The SMILES string of the molecule is CC(C)[C@H](N)C(=O)OC[C@@H]1O[C@H](n2cncn2)[C@@H](O)[C@H]1O.Cl. The lowest BCUT2D eigenvalue weighted by molar-refractivity contribution is -0.152. The van der Waals surface area contributed by atoms with Gasteiger partial charge in [0.1, 0.15) is 43.6 Å². The zero-order chi connectivity index (χ0) is 15.6. The molecule has 1 saturated heterocycles. The minimum Gasteiger partial charge on any atom is -0.462 e. The Morgan fingerprint density at radius 3 is 2.68 bits per heavy atom. The minimum atomic E-state index is -1.19. The van der Waals surface area contributed by atoms with E-state index in [0.29, 0.717) is 0 Å². The summed E-state index contributed by atoms with van der Waals surface area (Å²) in [7, 11) is 0. The molecule has 0 aromatic carbocycles. The van der Waals surface area contributed by atoms with Crippen LogP contribution in [0, 0.1) is 5.92 Å². The summed E-state index contributed by atoms with van der Waals surface area (Å²) in [4.78, 5) is 15.4. The molecule has 2 rings (SSSR count). The maximum absolute atomic E-state index is 11.7. The van der Waals surface area contributed by atoms with E-state index in [2.05, 4.69) is 10.1 Å². The van der Waals surface area contributed by atoms with Gasteiger partial charge in [-0.2, -0.15) is 5.10 Å². The van der Waals surface area contributed by atoms with Crippen molar-refractivity contribution in [3.8, 4) is 0 Å². The number of hydrogen-bond acceptors (Lipinski definition) is 8. The summed E-state index contributed by atoms with van der Waals surface area (Å²) in [6, 6.07) is -0.736. The predicted molar refractivity (Wildman–Crippen MR) is 77.0 cm³/mol. The van der Waals surface area contributed by atoms with Crippen molar-refractivity contribution in [3.63, 3.8) is 0 Å². The summed E-state index contributed by atoms with van der Waals surface area (Å²) in [5.74, 6) is -0.625. The lowest BCUT2D eigenvalue weighted by Gasteiger charge is -2.18. The Bertz CT molecular complexity index is 472. The van der Waals surface area contributed by atoms with Gasteiger partial charge in [0.15, 0.2) is 6.23 Å². The Labute approximate surface area is 133 Å². The Balaban J connectivity index is 0.00000242. The molecule has 0 radical (unpaired) electrons. The molecule has 0 bridgehead atoms. The number of esters is 1. The van der Waals surface area contributed by atoms with Crippen LogP contribution in [0.15, 0.2) is 12.7 Å². The molecule has 0 saturated carbocycles. The van der Waals surface area contributed by atoms with Crippen LogP contribution in [-0.2, 0) is 14.3 Å². The third kappa shape index (κ3) is 3.93. The van der Waals surface area contributed by atoms with Crippen LogP contribution in [0.4, 0.5) is 0 Å². The maximum Gasteiger partial charge on any atom is 0.323 e. The van der Waals surface area contributed by atoms with Gasteiger partial charge in [-0.15, -0.1) is 12.4 Å². The van der Waals surface area contributed by atoms with Crippen LogP contribution in [0.2, 0.25) is 0 Å². The van der Waals surface area contributed by atoms with Gasteiger partial charge in [-0.25, -0.2) is 9.67 Å². The number of aromatic nitrogens is 3. The van der Waals surface area contributed by atoms with Crippen LogP contribution in [0.25, 0.3) is 0 Å². The fourth-order valence-electron chi connectivity index (χ4n) is 1.97. The summed E-state index contributed by atoms with van der Waals surface area (Å²) >= 11 is 0. The van der Waals surface area contributed by atoms with E-state index < -0.39 is 36.6 Å². The van der Waals surface area contributed by atoms with Crippen LogP contribution in [-0.4, -0.2) is 61.9 Å². The molecule has 1 aliphatic heterocycles. The molecule has 0 unspecified atom stereocenters. The summed E-state index contributed by atoms with van der Waals surface area (Å²) < 4.78 is 11.8. The van der Waals surface area contributed by atoms with Crippen LogP contribution in [0.5, 0.6) is 0 Å². The highest BCUT2D eigenvalue weighted by molar-refractivity contribution is 5.85. The van der Waals surface area contributed by atoms with Gasteiger partial charge < -0.3 is 25.4 Å². The number of aliphatic hydroxyl groups excluding tert-OH is 2. The monoisotopic (exact) mass is 336 g/mol. The van der Waals surface area contributed by atoms with E-state index in [1.54, 1.807) is 13.8 Å². The third-order valence-corrected chi connectivity index (χ3v) is 3.41. The molecular weight excluding hydrogens is 316 g/mol. The van der Waals surface area contributed by atoms with Gasteiger partial charge in [0.25, 0.3) is 0 Å². The average molecular weight is 337 g/mol. The van der Waals surface area contributed by atoms with Crippen molar-refractivity contribution in [2.75, 3.05) is 6.61 Å². The van der Waals surface area contributed by atoms with E-state index in [1.165, 1.54) is 17.3 Å². The van der Waals surface area contributed by atoms with Crippen molar-refractivity contribution in [3.05, 3.63) is 12.7 Å². The number of aliphatic hydroxyl groups is 2. The molecule has 2 heterocycles. The molecule has 1 aliphatic rings. The number of halogens is 1. The van der Waals surface area contributed by atoms with Crippen LogP contribution in [0.3, 0.4) is 0 Å². The number of ether oxygens (including phenoxy) is 2. The molecule has 10 heteroatoms. The van der Waals surface area contributed by atoms with E-state index >= 15 is 0 Å². The fourth-order valence-corrected chi connectivity index (χ4v) is 1.97. The van der Waals surface area contributed by atoms with Gasteiger partial charge in [-0.1, -0.05) is 13.8 Å². The summed E-state index contributed by atoms with van der Waals surface area (Å²) in [6.07, 6.45) is -1.44. The fraction of sp³-hybridized carbons (Fsp3) is 0.750. The lowest BCUT2D eigenvalue weighted by Crippen LogP contribution is -2.40. The molecular formula is C12H21ClN4O5. The van der Waals surface area contributed by atoms with E-state index in [0.717, 1.165) is 0 Å². The number of hydrogen-bond donors (Lipinski definition) is 3. The Kier molecular flexibility index (Phi) is 6.69. The zero-order valence-corrected chi connectivity index (χ0v) is 13.1. The summed E-state index contributed by atoms with van der Waals surface area (Å²) in [5, 5.41) is 23.7. The molecule has 0 aliphatic carbocycles. The highest BCUT2D eigenvalue weighted by atomic mass is 35.5. The first-order valence-electron chi connectivity index (χ1n) is 6.69. The zero-order valence-electron chi connectivity index (χ0n) is 12.3. The average Bonchev–Trinajstić information content (AvgIpc) is 3.06. The molecule has 4 N–H and O–H groups in total. The Morgan fingerprint density at radius 2 is 2.14 bits per heavy atom. The topological polar surface area (TPSA) is 133 Å². The van der Waals surface area contributed by atoms with Gasteiger partial charge in [0, 0.05) is 0 Å². The number of carbonyl (C=O) groups excluding carboxylic acids is 1. The van der Waals surface area contributed by atoms with Crippen molar-refractivity contribution in [1.82, 2.24) is 14.8 Å². The molecule has 1 aromatic rings. The molecule has 0 amide bonds. The standard InChI is InChI=1S/C12H20N4O5.ClH/c1-6(2)8(13)12(19)20-3-7-9(17)10(18)11(21-7)16-5-14-4-15-16;/h4-11,17-18H,3,13H2,1-2H3;1H/t7-,8-,9-,10-,11-;/m0./s1. The molecule has 9 nitrogen and oxygen atoms in total. The summed E-state index contributed by atoms with van der Waals surface area (Å²) in [6.45, 7) is 3.41. The van der Waals surface area contributed by atoms with Crippen molar-refractivity contribution in [2.45, 2.75) is 44.4 Å². The highest BCUT2D eigenvalue weighted by Gasteiger charge is 2.44. The van der Waals surface area contributed by atoms with E-state index in [1.807, 2.05) is 0 Å². The number of nitrogens with two attached hydrogens (primary N) is 1.